The number of hydrogen-bond donors (Lipinski definition) is 0. The van der Waals surface area contributed by atoms with E-state index in [2.05, 4.69) is 0 Å². The molecule has 26 heavy (non-hydrogen) atoms. The molecule has 1 atom stereocenters. The summed E-state index contributed by atoms with van der Waals surface area (Å²) in [6, 6.07) is 22.5. The topological polar surface area (TPSA) is 67.9 Å². The van der Waals surface area contributed by atoms with Crippen LogP contribution < -0.4 is 0 Å². The number of amides is 1. The van der Waals surface area contributed by atoms with Crippen molar-refractivity contribution in [3.05, 3.63) is 94.7 Å². The molecule has 4 heteroatoms. The van der Waals surface area contributed by atoms with Crippen LogP contribution in [0.2, 0.25) is 0 Å². The van der Waals surface area contributed by atoms with Gasteiger partial charge in [-0.15, -0.1) is 0 Å². The Hall–Kier alpha value is -3.63. The first-order chi connectivity index (χ1) is 12.7. The van der Waals surface area contributed by atoms with Crippen molar-refractivity contribution in [1.82, 2.24) is 4.90 Å². The molecular formula is C22H17N3O. The van der Waals surface area contributed by atoms with Crippen LogP contribution in [0.5, 0.6) is 0 Å². The Morgan fingerprint density at radius 2 is 1.58 bits per heavy atom. The summed E-state index contributed by atoms with van der Waals surface area (Å²) in [5, 5.41) is 18.5. The Labute approximate surface area is 152 Å². The first kappa shape index (κ1) is 17.2. The van der Waals surface area contributed by atoms with Crippen molar-refractivity contribution in [3.8, 4) is 12.1 Å². The minimum absolute atomic E-state index is 0.0945. The van der Waals surface area contributed by atoms with Crippen LogP contribution in [-0.4, -0.2) is 10.8 Å². The average molecular weight is 339 g/mol. The van der Waals surface area contributed by atoms with E-state index in [0.717, 1.165) is 11.3 Å². The van der Waals surface area contributed by atoms with Crippen molar-refractivity contribution in [2.75, 3.05) is 0 Å². The van der Waals surface area contributed by atoms with Gasteiger partial charge < -0.3 is 4.90 Å². The second kappa shape index (κ2) is 7.51. The molecule has 0 spiro atoms. The SMILES string of the molecule is CC1=CC(=C(C#N)C#N)CC(c2ccccc2)N1C(=O)c1ccccc1. The third kappa shape index (κ3) is 3.27. The smallest absolute Gasteiger partial charge is 0.258 e. The van der Waals surface area contributed by atoms with Gasteiger partial charge in [-0.25, -0.2) is 0 Å². The monoisotopic (exact) mass is 339 g/mol. The van der Waals surface area contributed by atoms with E-state index in [0.29, 0.717) is 17.6 Å². The molecule has 0 saturated heterocycles. The van der Waals surface area contributed by atoms with Gasteiger partial charge in [-0.1, -0.05) is 48.5 Å². The third-order valence-corrected chi connectivity index (χ3v) is 4.46. The maximum atomic E-state index is 13.1. The van der Waals surface area contributed by atoms with Crippen LogP contribution in [0, 0.1) is 22.7 Å². The number of rotatable bonds is 2. The molecule has 0 aromatic heterocycles. The van der Waals surface area contributed by atoms with Gasteiger partial charge in [-0.2, -0.15) is 10.5 Å². The lowest BCUT2D eigenvalue weighted by atomic mass is 9.90. The molecule has 0 saturated carbocycles. The molecule has 0 bridgehead atoms. The predicted molar refractivity (Wildman–Crippen MR) is 98.4 cm³/mol. The second-order valence-corrected chi connectivity index (χ2v) is 6.08. The standard InChI is InChI=1S/C22H17N3O/c1-16-12-19(20(14-23)15-24)13-21(17-8-4-2-5-9-17)25(16)22(26)18-10-6-3-7-11-18/h2-12,21H,13H2,1H3. The molecule has 3 rings (SSSR count). The van der Waals surface area contributed by atoms with Crippen molar-refractivity contribution in [1.29, 1.82) is 10.5 Å². The molecular weight excluding hydrogens is 322 g/mol. The summed E-state index contributed by atoms with van der Waals surface area (Å²) in [4.78, 5) is 14.9. The summed E-state index contributed by atoms with van der Waals surface area (Å²) in [7, 11) is 0. The van der Waals surface area contributed by atoms with E-state index >= 15 is 0 Å². The summed E-state index contributed by atoms with van der Waals surface area (Å²) in [5.74, 6) is -0.0947. The zero-order valence-corrected chi connectivity index (χ0v) is 14.4. The highest BCUT2D eigenvalue weighted by molar-refractivity contribution is 5.95. The fourth-order valence-electron chi connectivity index (χ4n) is 3.23. The molecule has 4 nitrogen and oxygen atoms in total. The number of hydrogen-bond acceptors (Lipinski definition) is 3. The largest absolute Gasteiger partial charge is 0.305 e. The molecule has 2 aromatic rings. The average Bonchev–Trinajstić information content (AvgIpc) is 2.69. The Balaban J connectivity index is 2.12. The highest BCUT2D eigenvalue weighted by Crippen LogP contribution is 2.37. The van der Waals surface area contributed by atoms with E-state index in [-0.39, 0.29) is 17.5 Å². The summed E-state index contributed by atoms with van der Waals surface area (Å²) in [6.45, 7) is 1.84. The fourth-order valence-corrected chi connectivity index (χ4v) is 3.23. The lowest BCUT2D eigenvalue weighted by Crippen LogP contribution is -2.36. The van der Waals surface area contributed by atoms with Crippen LogP contribution in [0.25, 0.3) is 0 Å². The van der Waals surface area contributed by atoms with Crippen molar-refractivity contribution >= 4 is 5.91 Å². The van der Waals surface area contributed by atoms with Crippen molar-refractivity contribution < 1.29 is 4.79 Å². The number of allylic oxidation sites excluding steroid dienone is 3. The van der Waals surface area contributed by atoms with E-state index < -0.39 is 0 Å². The van der Waals surface area contributed by atoms with Crippen LogP contribution in [0.4, 0.5) is 0 Å². The normalized spacial score (nSPS) is 16.3. The molecule has 126 valence electrons. The predicted octanol–water partition coefficient (Wildman–Crippen LogP) is 4.52. The van der Waals surface area contributed by atoms with Crippen LogP contribution >= 0.6 is 0 Å². The second-order valence-electron chi connectivity index (χ2n) is 6.08. The number of nitrogens with zero attached hydrogens (tertiary/aromatic N) is 3. The van der Waals surface area contributed by atoms with Crippen molar-refractivity contribution in [3.63, 3.8) is 0 Å². The molecule has 1 unspecified atom stereocenters. The lowest BCUT2D eigenvalue weighted by molar-refractivity contribution is 0.0737. The first-order valence-corrected chi connectivity index (χ1v) is 8.31. The van der Waals surface area contributed by atoms with Gasteiger partial charge in [0.2, 0.25) is 0 Å². The van der Waals surface area contributed by atoms with Gasteiger partial charge in [0, 0.05) is 11.3 Å². The van der Waals surface area contributed by atoms with Gasteiger partial charge >= 0.3 is 0 Å². The summed E-state index contributed by atoms with van der Waals surface area (Å²) < 4.78 is 0. The molecule has 0 radical (unpaired) electrons. The number of nitriles is 2. The zero-order chi connectivity index (χ0) is 18.5. The quantitative estimate of drug-likeness (QED) is 0.755. The fraction of sp³-hybridized carbons (Fsp3) is 0.136. The van der Waals surface area contributed by atoms with E-state index in [1.807, 2.05) is 67.6 Å². The highest BCUT2D eigenvalue weighted by atomic mass is 16.2. The maximum absolute atomic E-state index is 13.1. The van der Waals surface area contributed by atoms with Crippen molar-refractivity contribution in [2.45, 2.75) is 19.4 Å². The minimum atomic E-state index is -0.263. The molecule has 2 aromatic carbocycles. The molecule has 1 heterocycles. The van der Waals surface area contributed by atoms with Crippen LogP contribution in [0.1, 0.15) is 35.3 Å². The summed E-state index contributed by atoms with van der Waals surface area (Å²) >= 11 is 0. The van der Waals surface area contributed by atoms with Gasteiger partial charge in [0.05, 0.1) is 6.04 Å². The lowest BCUT2D eigenvalue weighted by Gasteiger charge is -2.37. The number of carbonyl (C=O) groups excluding carboxylic acids is 1. The van der Waals surface area contributed by atoms with Gasteiger partial charge in [0.15, 0.2) is 0 Å². The van der Waals surface area contributed by atoms with E-state index in [4.69, 9.17) is 0 Å². The molecule has 1 amide bonds. The van der Waals surface area contributed by atoms with Gasteiger partial charge in [-0.3, -0.25) is 4.79 Å². The van der Waals surface area contributed by atoms with Crippen LogP contribution in [0.3, 0.4) is 0 Å². The first-order valence-electron chi connectivity index (χ1n) is 8.31. The molecule has 1 aliphatic heterocycles. The van der Waals surface area contributed by atoms with Crippen LogP contribution in [0.15, 0.2) is 83.6 Å². The third-order valence-electron chi connectivity index (χ3n) is 4.46. The summed E-state index contributed by atoms with van der Waals surface area (Å²) in [5.41, 5.74) is 3.05. The number of carbonyl (C=O) groups is 1. The van der Waals surface area contributed by atoms with Crippen LogP contribution in [-0.2, 0) is 0 Å². The summed E-state index contributed by atoms with van der Waals surface area (Å²) in [6.07, 6.45) is 2.19. The Morgan fingerprint density at radius 1 is 1.00 bits per heavy atom. The maximum Gasteiger partial charge on any atom is 0.258 e. The van der Waals surface area contributed by atoms with Gasteiger partial charge in [0.25, 0.3) is 5.91 Å². The van der Waals surface area contributed by atoms with Crippen molar-refractivity contribution in [2.24, 2.45) is 0 Å². The molecule has 0 fully saturated rings. The Morgan fingerprint density at radius 3 is 2.15 bits per heavy atom. The van der Waals surface area contributed by atoms with E-state index in [1.165, 1.54) is 0 Å². The number of benzene rings is 2. The molecule has 0 aliphatic carbocycles. The van der Waals surface area contributed by atoms with Gasteiger partial charge in [0.1, 0.15) is 17.7 Å². The van der Waals surface area contributed by atoms with E-state index in [9.17, 15) is 15.3 Å². The highest BCUT2D eigenvalue weighted by Gasteiger charge is 2.32. The minimum Gasteiger partial charge on any atom is -0.305 e. The van der Waals surface area contributed by atoms with E-state index in [1.54, 1.807) is 23.1 Å². The zero-order valence-electron chi connectivity index (χ0n) is 14.4. The molecule has 0 N–H and O–H groups in total. The van der Waals surface area contributed by atoms with Gasteiger partial charge in [-0.05, 0) is 42.7 Å². The molecule has 1 aliphatic rings. The Bertz CT molecular complexity index is 944. The Kier molecular flexibility index (Phi) is 4.97.